The highest BCUT2D eigenvalue weighted by Gasteiger charge is 2.31. The first-order valence-corrected chi connectivity index (χ1v) is 8.27. The molecule has 1 aliphatic heterocycles. The molecule has 1 aromatic rings. The molecule has 0 aromatic carbocycles. The number of halogens is 1. The van der Waals surface area contributed by atoms with E-state index in [-0.39, 0.29) is 18.1 Å². The van der Waals surface area contributed by atoms with Crippen LogP contribution < -0.4 is 5.32 Å². The summed E-state index contributed by atoms with van der Waals surface area (Å²) in [4.78, 5) is 22.4. The van der Waals surface area contributed by atoms with E-state index in [0.717, 1.165) is 12.0 Å². The average molecular weight is 341 g/mol. The molecule has 23 heavy (non-hydrogen) atoms. The van der Waals surface area contributed by atoms with E-state index in [9.17, 15) is 4.79 Å². The van der Waals surface area contributed by atoms with Crippen molar-refractivity contribution in [1.82, 2.24) is 14.9 Å². The Balaban J connectivity index is 1.93. The molecule has 2 rings (SSSR count). The van der Waals surface area contributed by atoms with Crippen molar-refractivity contribution in [3.05, 3.63) is 16.9 Å². The number of likely N-dealkylation sites (tertiary alicyclic amines) is 1. The first kappa shape index (κ1) is 17.8. The topological polar surface area (TPSA) is 67.4 Å². The smallest absolute Gasteiger partial charge is 0.410 e. The second-order valence-electron chi connectivity index (χ2n) is 7.11. The minimum atomic E-state index is -0.470. The molecule has 1 amide bonds. The Morgan fingerprint density at radius 1 is 1.48 bits per heavy atom. The number of carbonyl (C=O) groups is 1. The van der Waals surface area contributed by atoms with E-state index in [4.69, 9.17) is 16.3 Å². The quantitative estimate of drug-likeness (QED) is 0.834. The molecule has 1 aromatic heterocycles. The molecule has 6 nitrogen and oxygen atoms in total. The fraction of sp³-hybridized carbons (Fsp3) is 0.688. The third kappa shape index (κ3) is 4.96. The highest BCUT2D eigenvalue weighted by Crippen LogP contribution is 2.22. The van der Waals surface area contributed by atoms with E-state index in [0.29, 0.717) is 24.2 Å². The molecule has 1 fully saturated rings. The minimum Gasteiger partial charge on any atom is -0.444 e. The number of carbonyl (C=O) groups excluding carboxylic acids is 1. The number of rotatable bonds is 2. The number of anilines is 1. The molecule has 0 unspecified atom stereocenters. The second kappa shape index (κ2) is 6.91. The zero-order valence-electron chi connectivity index (χ0n) is 14.4. The fourth-order valence-electron chi connectivity index (χ4n) is 2.51. The summed E-state index contributed by atoms with van der Waals surface area (Å²) in [6.07, 6.45) is 2.27. The van der Waals surface area contributed by atoms with Crippen molar-refractivity contribution in [2.45, 2.75) is 52.7 Å². The van der Waals surface area contributed by atoms with Gasteiger partial charge in [0.1, 0.15) is 10.8 Å². The van der Waals surface area contributed by atoms with Gasteiger partial charge in [0, 0.05) is 30.9 Å². The number of ether oxygens (including phenoxy) is 1. The first-order chi connectivity index (χ1) is 10.7. The van der Waals surface area contributed by atoms with Gasteiger partial charge in [0.25, 0.3) is 0 Å². The van der Waals surface area contributed by atoms with Gasteiger partial charge in [0.15, 0.2) is 0 Å². The monoisotopic (exact) mass is 340 g/mol. The molecule has 0 spiro atoms. The van der Waals surface area contributed by atoms with E-state index >= 15 is 0 Å². The molecule has 0 saturated carbocycles. The predicted octanol–water partition coefficient (Wildman–Crippen LogP) is 3.50. The number of aromatic nitrogens is 2. The number of hydrogen-bond acceptors (Lipinski definition) is 5. The molecule has 1 saturated heterocycles. The largest absolute Gasteiger partial charge is 0.444 e. The Kier molecular flexibility index (Phi) is 5.34. The molecule has 0 bridgehead atoms. The summed E-state index contributed by atoms with van der Waals surface area (Å²) in [6.45, 7) is 10.9. The molecule has 2 heterocycles. The maximum Gasteiger partial charge on any atom is 0.410 e. The van der Waals surface area contributed by atoms with Gasteiger partial charge in [-0.2, -0.15) is 0 Å². The van der Waals surface area contributed by atoms with Gasteiger partial charge in [-0.25, -0.2) is 14.8 Å². The summed E-state index contributed by atoms with van der Waals surface area (Å²) < 4.78 is 5.43. The lowest BCUT2D eigenvalue weighted by molar-refractivity contribution is 0.0165. The molecule has 0 radical (unpaired) electrons. The van der Waals surface area contributed by atoms with Gasteiger partial charge >= 0.3 is 6.09 Å². The molecule has 7 heteroatoms. The van der Waals surface area contributed by atoms with E-state index in [2.05, 4.69) is 22.2 Å². The van der Waals surface area contributed by atoms with Gasteiger partial charge in [0.05, 0.1) is 0 Å². The standard InChI is InChI=1S/C16H25ClN4O2/c1-10-8-18-14(20-13(10)17)19-12-6-7-21(9-11(12)2)15(22)23-16(3,4)5/h8,11-12H,6-7,9H2,1-5H3,(H,18,19,20)/t11-,12+/m1/s1. The lowest BCUT2D eigenvalue weighted by Gasteiger charge is -2.37. The van der Waals surface area contributed by atoms with Crippen LogP contribution >= 0.6 is 11.6 Å². The van der Waals surface area contributed by atoms with Crippen LogP contribution in [0.4, 0.5) is 10.7 Å². The zero-order valence-corrected chi connectivity index (χ0v) is 15.1. The summed E-state index contributed by atoms with van der Waals surface area (Å²) in [7, 11) is 0. The van der Waals surface area contributed by atoms with Crippen LogP contribution in [0.5, 0.6) is 0 Å². The molecule has 128 valence electrons. The van der Waals surface area contributed by atoms with Crippen molar-refractivity contribution < 1.29 is 9.53 Å². The van der Waals surface area contributed by atoms with Gasteiger partial charge in [-0.3, -0.25) is 0 Å². The normalized spacial score (nSPS) is 21.9. The van der Waals surface area contributed by atoms with Gasteiger partial charge in [-0.1, -0.05) is 18.5 Å². The van der Waals surface area contributed by atoms with Crippen LogP contribution in [-0.2, 0) is 4.74 Å². The summed E-state index contributed by atoms with van der Waals surface area (Å²) >= 11 is 6.03. The number of hydrogen-bond donors (Lipinski definition) is 1. The highest BCUT2D eigenvalue weighted by atomic mass is 35.5. The minimum absolute atomic E-state index is 0.201. The Hall–Kier alpha value is -1.56. The van der Waals surface area contributed by atoms with Gasteiger partial charge in [-0.15, -0.1) is 0 Å². The third-order valence-electron chi connectivity index (χ3n) is 3.78. The summed E-state index contributed by atoms with van der Waals surface area (Å²) in [5, 5.41) is 3.78. The van der Waals surface area contributed by atoms with Crippen molar-refractivity contribution in [3.8, 4) is 0 Å². The molecule has 1 aliphatic rings. The van der Waals surface area contributed by atoms with Crippen LogP contribution in [0.15, 0.2) is 6.20 Å². The van der Waals surface area contributed by atoms with E-state index in [1.54, 1.807) is 11.1 Å². The van der Waals surface area contributed by atoms with E-state index in [1.807, 2.05) is 27.7 Å². The van der Waals surface area contributed by atoms with Crippen LogP contribution in [0.3, 0.4) is 0 Å². The van der Waals surface area contributed by atoms with Crippen LogP contribution in [0.25, 0.3) is 0 Å². The summed E-state index contributed by atoms with van der Waals surface area (Å²) in [5.41, 5.74) is 0.382. The molecule has 1 N–H and O–H groups in total. The van der Waals surface area contributed by atoms with Crippen molar-refractivity contribution in [3.63, 3.8) is 0 Å². The van der Waals surface area contributed by atoms with Crippen LogP contribution in [0.1, 0.15) is 39.7 Å². The number of nitrogens with zero attached hydrogens (tertiary/aromatic N) is 3. The lowest BCUT2D eigenvalue weighted by Crippen LogP contribution is -2.49. The highest BCUT2D eigenvalue weighted by molar-refractivity contribution is 6.30. The Morgan fingerprint density at radius 3 is 2.74 bits per heavy atom. The van der Waals surface area contributed by atoms with Crippen LogP contribution in [0, 0.1) is 12.8 Å². The molecular weight excluding hydrogens is 316 g/mol. The van der Waals surface area contributed by atoms with E-state index < -0.39 is 5.60 Å². The van der Waals surface area contributed by atoms with Crippen molar-refractivity contribution in [2.75, 3.05) is 18.4 Å². The van der Waals surface area contributed by atoms with E-state index in [1.165, 1.54) is 0 Å². The maximum absolute atomic E-state index is 12.1. The van der Waals surface area contributed by atoms with Crippen LogP contribution in [-0.4, -0.2) is 45.7 Å². The van der Waals surface area contributed by atoms with Gasteiger partial charge < -0.3 is 15.0 Å². The van der Waals surface area contributed by atoms with Crippen LogP contribution in [0.2, 0.25) is 5.15 Å². The Bertz CT molecular complexity index is 574. The first-order valence-electron chi connectivity index (χ1n) is 7.89. The second-order valence-corrected chi connectivity index (χ2v) is 7.47. The Labute approximate surface area is 142 Å². The van der Waals surface area contributed by atoms with Gasteiger partial charge in [0.2, 0.25) is 5.95 Å². The number of piperidine rings is 1. The van der Waals surface area contributed by atoms with Crippen molar-refractivity contribution in [1.29, 1.82) is 0 Å². The van der Waals surface area contributed by atoms with Crippen molar-refractivity contribution in [2.24, 2.45) is 5.92 Å². The maximum atomic E-state index is 12.1. The van der Waals surface area contributed by atoms with Gasteiger partial charge in [-0.05, 0) is 40.0 Å². The predicted molar refractivity (Wildman–Crippen MR) is 90.8 cm³/mol. The average Bonchev–Trinajstić information content (AvgIpc) is 2.43. The zero-order chi connectivity index (χ0) is 17.2. The number of amides is 1. The Morgan fingerprint density at radius 2 is 2.17 bits per heavy atom. The third-order valence-corrected chi connectivity index (χ3v) is 4.16. The SMILES string of the molecule is Cc1cnc(N[C@H]2CCN(C(=O)OC(C)(C)C)C[C@H]2C)nc1Cl. The molecule has 0 aliphatic carbocycles. The summed E-state index contributed by atoms with van der Waals surface area (Å²) in [5.74, 6) is 0.795. The fourth-order valence-corrected chi connectivity index (χ4v) is 2.64. The van der Waals surface area contributed by atoms with Crippen molar-refractivity contribution >= 4 is 23.6 Å². The summed E-state index contributed by atoms with van der Waals surface area (Å²) in [6, 6.07) is 0.201. The lowest BCUT2D eigenvalue weighted by atomic mass is 9.94. The number of nitrogens with one attached hydrogen (secondary N) is 1. The molecular formula is C16H25ClN4O2. The number of aryl methyl sites for hydroxylation is 1. The molecule has 2 atom stereocenters.